The predicted molar refractivity (Wildman–Crippen MR) is 47.5 cm³/mol. The highest BCUT2D eigenvalue weighted by atomic mass is 16.3. The third-order valence-electron chi connectivity index (χ3n) is 3.10. The normalized spacial score (nSPS) is 39.0. The van der Waals surface area contributed by atoms with E-state index in [1.807, 2.05) is 0 Å². The lowest BCUT2D eigenvalue weighted by Crippen LogP contribution is -2.35. The Kier molecular flexibility index (Phi) is 2.94. The summed E-state index contributed by atoms with van der Waals surface area (Å²) in [5, 5.41) is 9.76. The smallest absolute Gasteiger partial charge is 0.0593 e. The summed E-state index contributed by atoms with van der Waals surface area (Å²) in [5.41, 5.74) is 0.243. The Morgan fingerprint density at radius 1 is 1.45 bits per heavy atom. The maximum absolute atomic E-state index is 9.76. The molecule has 66 valence electrons. The Labute approximate surface area is 69.8 Å². The highest BCUT2D eigenvalue weighted by Gasteiger charge is 2.33. The fraction of sp³-hybridized carbons (Fsp3) is 1.00. The fourth-order valence-electron chi connectivity index (χ4n) is 2.24. The van der Waals surface area contributed by atoms with Gasteiger partial charge >= 0.3 is 0 Å². The van der Waals surface area contributed by atoms with E-state index in [1.165, 1.54) is 32.1 Å². The number of rotatable bonds is 2. The van der Waals surface area contributed by atoms with Crippen LogP contribution in [0.15, 0.2) is 0 Å². The van der Waals surface area contributed by atoms with Crippen LogP contribution in [-0.4, -0.2) is 11.2 Å². The minimum Gasteiger partial charge on any atom is -0.393 e. The van der Waals surface area contributed by atoms with Gasteiger partial charge in [-0.05, 0) is 24.7 Å². The summed E-state index contributed by atoms with van der Waals surface area (Å²) in [6, 6.07) is 0. The molecule has 0 heterocycles. The van der Waals surface area contributed by atoms with Gasteiger partial charge in [0.25, 0.3) is 0 Å². The SMILES string of the molecule is CCCC1(C)CCCCC1O. The summed E-state index contributed by atoms with van der Waals surface area (Å²) in [6.07, 6.45) is 7.14. The molecule has 1 aliphatic rings. The van der Waals surface area contributed by atoms with Crippen molar-refractivity contribution in [1.82, 2.24) is 0 Å². The molecule has 0 aromatic rings. The minimum atomic E-state index is -0.0313. The Morgan fingerprint density at radius 2 is 2.18 bits per heavy atom. The zero-order chi connectivity index (χ0) is 8.32. The molecule has 0 spiro atoms. The van der Waals surface area contributed by atoms with E-state index >= 15 is 0 Å². The van der Waals surface area contributed by atoms with Gasteiger partial charge in [-0.1, -0.05) is 33.1 Å². The fourth-order valence-corrected chi connectivity index (χ4v) is 2.24. The van der Waals surface area contributed by atoms with Crippen LogP contribution in [-0.2, 0) is 0 Å². The van der Waals surface area contributed by atoms with Gasteiger partial charge < -0.3 is 5.11 Å². The van der Waals surface area contributed by atoms with Crippen LogP contribution in [0.5, 0.6) is 0 Å². The first-order valence-electron chi connectivity index (χ1n) is 4.87. The molecule has 1 fully saturated rings. The summed E-state index contributed by atoms with van der Waals surface area (Å²) in [4.78, 5) is 0. The molecule has 0 amide bonds. The Hall–Kier alpha value is -0.0400. The Bertz CT molecular complexity index is 118. The third kappa shape index (κ3) is 1.96. The molecule has 1 saturated carbocycles. The first-order valence-corrected chi connectivity index (χ1v) is 4.87. The third-order valence-corrected chi connectivity index (χ3v) is 3.10. The summed E-state index contributed by atoms with van der Waals surface area (Å²) in [5.74, 6) is 0. The zero-order valence-corrected chi connectivity index (χ0v) is 7.77. The average molecular weight is 156 g/mol. The van der Waals surface area contributed by atoms with Crippen LogP contribution in [0.2, 0.25) is 0 Å². The lowest BCUT2D eigenvalue weighted by atomic mass is 9.71. The molecule has 0 radical (unpaired) electrons. The van der Waals surface area contributed by atoms with E-state index < -0.39 is 0 Å². The second-order valence-corrected chi connectivity index (χ2v) is 4.17. The standard InChI is InChI=1S/C10H20O/c1-3-7-10(2)8-5-4-6-9(10)11/h9,11H,3-8H2,1-2H3. The van der Waals surface area contributed by atoms with Crippen molar-refractivity contribution in [3.63, 3.8) is 0 Å². The summed E-state index contributed by atoms with van der Waals surface area (Å²) < 4.78 is 0. The summed E-state index contributed by atoms with van der Waals surface area (Å²) >= 11 is 0. The molecule has 0 aromatic heterocycles. The molecule has 0 aromatic carbocycles. The minimum absolute atomic E-state index is 0.0313. The van der Waals surface area contributed by atoms with Gasteiger partial charge in [-0.15, -0.1) is 0 Å². The molecule has 1 N–H and O–H groups in total. The molecular weight excluding hydrogens is 136 g/mol. The van der Waals surface area contributed by atoms with E-state index in [9.17, 15) is 5.11 Å². The van der Waals surface area contributed by atoms with Crippen LogP contribution >= 0.6 is 0 Å². The second-order valence-electron chi connectivity index (χ2n) is 4.17. The second kappa shape index (κ2) is 3.57. The van der Waals surface area contributed by atoms with E-state index in [-0.39, 0.29) is 11.5 Å². The van der Waals surface area contributed by atoms with Crippen LogP contribution in [0.4, 0.5) is 0 Å². The summed E-state index contributed by atoms with van der Waals surface area (Å²) in [7, 11) is 0. The van der Waals surface area contributed by atoms with Crippen molar-refractivity contribution in [2.24, 2.45) is 5.41 Å². The van der Waals surface area contributed by atoms with Crippen molar-refractivity contribution in [3.8, 4) is 0 Å². The molecule has 11 heavy (non-hydrogen) atoms. The molecule has 1 nitrogen and oxygen atoms in total. The van der Waals surface area contributed by atoms with Crippen molar-refractivity contribution in [3.05, 3.63) is 0 Å². The van der Waals surface area contributed by atoms with Crippen LogP contribution in [0.25, 0.3) is 0 Å². The first-order chi connectivity index (χ1) is 5.19. The van der Waals surface area contributed by atoms with Crippen LogP contribution in [0.1, 0.15) is 52.4 Å². The Balaban J connectivity index is 2.49. The van der Waals surface area contributed by atoms with Crippen molar-refractivity contribution in [2.75, 3.05) is 0 Å². The van der Waals surface area contributed by atoms with Crippen molar-refractivity contribution in [2.45, 2.75) is 58.5 Å². The highest BCUT2D eigenvalue weighted by molar-refractivity contribution is 4.85. The molecule has 2 unspecified atom stereocenters. The van der Waals surface area contributed by atoms with Crippen LogP contribution in [0.3, 0.4) is 0 Å². The largest absolute Gasteiger partial charge is 0.393 e. The van der Waals surface area contributed by atoms with Gasteiger partial charge in [0, 0.05) is 0 Å². The van der Waals surface area contributed by atoms with Gasteiger partial charge in [0.2, 0.25) is 0 Å². The molecule has 2 atom stereocenters. The number of aliphatic hydroxyl groups excluding tert-OH is 1. The van der Waals surface area contributed by atoms with Gasteiger partial charge in [0.05, 0.1) is 6.10 Å². The monoisotopic (exact) mass is 156 g/mol. The van der Waals surface area contributed by atoms with Gasteiger partial charge in [-0.25, -0.2) is 0 Å². The van der Waals surface area contributed by atoms with Crippen LogP contribution in [0, 0.1) is 5.41 Å². The van der Waals surface area contributed by atoms with Crippen molar-refractivity contribution >= 4 is 0 Å². The van der Waals surface area contributed by atoms with E-state index in [0.717, 1.165) is 6.42 Å². The van der Waals surface area contributed by atoms with Crippen molar-refractivity contribution < 1.29 is 5.11 Å². The molecule has 0 bridgehead atoms. The van der Waals surface area contributed by atoms with E-state index in [1.54, 1.807) is 0 Å². The van der Waals surface area contributed by atoms with Gasteiger partial charge in [-0.3, -0.25) is 0 Å². The number of hydrogen-bond acceptors (Lipinski definition) is 1. The molecule has 1 heteroatoms. The maximum Gasteiger partial charge on any atom is 0.0593 e. The van der Waals surface area contributed by atoms with Gasteiger partial charge in [0.15, 0.2) is 0 Å². The first kappa shape index (κ1) is 9.05. The maximum atomic E-state index is 9.76. The zero-order valence-electron chi connectivity index (χ0n) is 7.77. The van der Waals surface area contributed by atoms with Gasteiger partial charge in [-0.2, -0.15) is 0 Å². The van der Waals surface area contributed by atoms with Gasteiger partial charge in [0.1, 0.15) is 0 Å². The van der Waals surface area contributed by atoms with E-state index in [2.05, 4.69) is 13.8 Å². The lowest BCUT2D eigenvalue weighted by molar-refractivity contribution is -0.00542. The molecule has 0 saturated heterocycles. The van der Waals surface area contributed by atoms with Crippen molar-refractivity contribution in [1.29, 1.82) is 0 Å². The molecule has 1 aliphatic carbocycles. The molecular formula is C10H20O. The highest BCUT2D eigenvalue weighted by Crippen LogP contribution is 2.39. The molecule has 1 rings (SSSR count). The quantitative estimate of drug-likeness (QED) is 0.651. The van der Waals surface area contributed by atoms with E-state index in [0.29, 0.717) is 0 Å². The number of hydrogen-bond donors (Lipinski definition) is 1. The van der Waals surface area contributed by atoms with E-state index in [4.69, 9.17) is 0 Å². The summed E-state index contributed by atoms with van der Waals surface area (Å²) in [6.45, 7) is 4.44. The predicted octanol–water partition coefficient (Wildman–Crippen LogP) is 2.73. The topological polar surface area (TPSA) is 20.2 Å². The Morgan fingerprint density at radius 3 is 2.73 bits per heavy atom. The average Bonchev–Trinajstić information content (AvgIpc) is 1.96. The molecule has 0 aliphatic heterocycles. The number of aliphatic hydroxyl groups is 1. The lowest BCUT2D eigenvalue weighted by Gasteiger charge is -2.38. The van der Waals surface area contributed by atoms with Crippen LogP contribution < -0.4 is 0 Å².